The highest BCUT2D eigenvalue weighted by molar-refractivity contribution is 5.37. The Balaban J connectivity index is 2.24. The van der Waals surface area contributed by atoms with Gasteiger partial charge in [0.1, 0.15) is 5.75 Å². The Kier molecular flexibility index (Phi) is 4.28. The van der Waals surface area contributed by atoms with Crippen LogP contribution in [-0.4, -0.2) is 34.2 Å². The summed E-state index contributed by atoms with van der Waals surface area (Å²) in [6, 6.07) is 7.09. The molecule has 0 spiro atoms. The molecule has 1 aromatic carbocycles. The summed E-state index contributed by atoms with van der Waals surface area (Å²) in [6.07, 6.45) is 0. The highest BCUT2D eigenvalue weighted by atomic mass is 16.5. The molecule has 0 aliphatic heterocycles. The molecule has 0 bridgehead atoms. The van der Waals surface area contributed by atoms with Crippen molar-refractivity contribution in [2.75, 3.05) is 24.4 Å². The van der Waals surface area contributed by atoms with Crippen LogP contribution < -0.4 is 20.9 Å². The van der Waals surface area contributed by atoms with Gasteiger partial charge in [-0.2, -0.15) is 15.0 Å². The molecule has 0 fully saturated rings. The number of nitrogens with one attached hydrogen (secondary N) is 1. The summed E-state index contributed by atoms with van der Waals surface area (Å²) in [6.45, 7) is -0.0158. The molecule has 20 heavy (non-hydrogen) atoms. The minimum atomic E-state index is -0.0158. The van der Waals surface area contributed by atoms with E-state index in [4.69, 9.17) is 15.7 Å². The van der Waals surface area contributed by atoms with Crippen molar-refractivity contribution in [3.05, 3.63) is 29.8 Å². The van der Waals surface area contributed by atoms with Gasteiger partial charge in [0.15, 0.2) is 0 Å². The minimum Gasteiger partial charge on any atom is -0.424 e. The van der Waals surface area contributed by atoms with Crippen molar-refractivity contribution in [1.29, 1.82) is 0 Å². The Morgan fingerprint density at radius 3 is 2.45 bits per heavy atom. The van der Waals surface area contributed by atoms with Gasteiger partial charge in [-0.25, -0.2) is 5.84 Å². The second kappa shape index (κ2) is 6.13. The van der Waals surface area contributed by atoms with Gasteiger partial charge in [0.2, 0.25) is 11.9 Å². The number of nitrogen functional groups attached to an aromatic ring is 1. The zero-order valence-corrected chi connectivity index (χ0v) is 11.2. The summed E-state index contributed by atoms with van der Waals surface area (Å²) in [7, 11) is 3.60. The number of nitrogens with two attached hydrogens (primary N) is 1. The Morgan fingerprint density at radius 1 is 1.20 bits per heavy atom. The quantitative estimate of drug-likeness (QED) is 0.535. The van der Waals surface area contributed by atoms with E-state index < -0.39 is 0 Å². The van der Waals surface area contributed by atoms with Gasteiger partial charge >= 0.3 is 6.01 Å². The average Bonchev–Trinajstić information content (AvgIpc) is 2.47. The van der Waals surface area contributed by atoms with Crippen LogP contribution in [0.15, 0.2) is 24.3 Å². The van der Waals surface area contributed by atoms with E-state index in [0.29, 0.717) is 11.7 Å². The third-order valence-electron chi connectivity index (χ3n) is 2.45. The number of benzene rings is 1. The lowest BCUT2D eigenvalue weighted by molar-refractivity contribution is 0.281. The van der Waals surface area contributed by atoms with Crippen LogP contribution in [0, 0.1) is 0 Å². The summed E-state index contributed by atoms with van der Waals surface area (Å²) >= 11 is 0. The first-order valence-corrected chi connectivity index (χ1v) is 5.90. The molecule has 4 N–H and O–H groups in total. The van der Waals surface area contributed by atoms with Crippen LogP contribution in [0.4, 0.5) is 11.9 Å². The number of hydrazine groups is 1. The topological polar surface area (TPSA) is 109 Å². The van der Waals surface area contributed by atoms with Gasteiger partial charge < -0.3 is 14.7 Å². The number of rotatable bonds is 5. The number of ether oxygens (including phenoxy) is 1. The Labute approximate surface area is 116 Å². The molecule has 106 valence electrons. The molecular formula is C12H16N6O2. The fourth-order valence-electron chi connectivity index (χ4n) is 1.42. The second-order valence-electron chi connectivity index (χ2n) is 4.18. The third kappa shape index (κ3) is 3.31. The zero-order chi connectivity index (χ0) is 14.5. The lowest BCUT2D eigenvalue weighted by atomic mass is 10.2. The molecular weight excluding hydrogens is 260 g/mol. The predicted octanol–water partition coefficient (Wildman–Crippen LogP) is 0.508. The minimum absolute atomic E-state index is 0.0158. The lowest BCUT2D eigenvalue weighted by Gasteiger charge is -2.12. The first-order valence-electron chi connectivity index (χ1n) is 5.90. The van der Waals surface area contributed by atoms with E-state index in [2.05, 4.69) is 20.4 Å². The maximum absolute atomic E-state index is 8.98. The summed E-state index contributed by atoms with van der Waals surface area (Å²) in [5.74, 6) is 6.51. The molecule has 0 saturated heterocycles. The van der Waals surface area contributed by atoms with Crippen LogP contribution in [0.2, 0.25) is 0 Å². The van der Waals surface area contributed by atoms with Crippen molar-refractivity contribution in [2.45, 2.75) is 6.61 Å². The van der Waals surface area contributed by atoms with E-state index in [9.17, 15) is 0 Å². The molecule has 1 aromatic heterocycles. The first kappa shape index (κ1) is 14.0. The molecule has 0 radical (unpaired) electrons. The number of anilines is 2. The van der Waals surface area contributed by atoms with Crippen molar-refractivity contribution in [1.82, 2.24) is 15.0 Å². The standard InChI is InChI=1S/C12H16N6O2/c1-18(2)11-14-10(17-13)15-12(16-11)20-9-5-3-8(7-19)4-6-9/h3-6,19H,7,13H2,1-2H3,(H,14,15,16,17). The molecule has 2 aromatic rings. The van der Waals surface area contributed by atoms with Crippen LogP contribution in [0.5, 0.6) is 11.8 Å². The fourth-order valence-corrected chi connectivity index (χ4v) is 1.42. The molecule has 2 rings (SSSR count). The molecule has 8 nitrogen and oxygen atoms in total. The number of nitrogens with zero attached hydrogens (tertiary/aromatic N) is 4. The van der Waals surface area contributed by atoms with E-state index in [1.165, 1.54) is 0 Å². The van der Waals surface area contributed by atoms with Gasteiger partial charge in [-0.3, -0.25) is 5.43 Å². The number of aliphatic hydroxyl groups is 1. The average molecular weight is 276 g/mol. The van der Waals surface area contributed by atoms with Gasteiger partial charge in [-0.05, 0) is 17.7 Å². The second-order valence-corrected chi connectivity index (χ2v) is 4.18. The summed E-state index contributed by atoms with van der Waals surface area (Å²) in [5, 5.41) is 8.98. The molecule has 8 heteroatoms. The largest absolute Gasteiger partial charge is 0.424 e. The predicted molar refractivity (Wildman–Crippen MR) is 74.4 cm³/mol. The Hall–Kier alpha value is -2.45. The SMILES string of the molecule is CN(C)c1nc(NN)nc(Oc2ccc(CO)cc2)n1. The summed E-state index contributed by atoms with van der Waals surface area (Å²) in [5.41, 5.74) is 3.16. The van der Waals surface area contributed by atoms with E-state index in [1.54, 1.807) is 43.3 Å². The molecule has 0 atom stereocenters. The molecule has 0 aliphatic carbocycles. The van der Waals surface area contributed by atoms with E-state index in [1.807, 2.05) is 0 Å². The maximum Gasteiger partial charge on any atom is 0.328 e. The molecule has 0 saturated carbocycles. The van der Waals surface area contributed by atoms with E-state index in [0.717, 1.165) is 5.56 Å². The monoisotopic (exact) mass is 276 g/mol. The van der Waals surface area contributed by atoms with Gasteiger partial charge in [-0.15, -0.1) is 0 Å². The third-order valence-corrected chi connectivity index (χ3v) is 2.45. The molecule has 0 unspecified atom stereocenters. The lowest BCUT2D eigenvalue weighted by Crippen LogP contribution is -2.17. The van der Waals surface area contributed by atoms with Gasteiger partial charge in [0.05, 0.1) is 6.61 Å². The highest BCUT2D eigenvalue weighted by Gasteiger charge is 2.09. The first-order chi connectivity index (χ1) is 9.62. The zero-order valence-electron chi connectivity index (χ0n) is 11.2. The number of aromatic nitrogens is 3. The molecule has 0 aliphatic rings. The highest BCUT2D eigenvalue weighted by Crippen LogP contribution is 2.20. The normalized spacial score (nSPS) is 10.2. The Morgan fingerprint density at radius 2 is 1.90 bits per heavy atom. The van der Waals surface area contributed by atoms with Crippen molar-refractivity contribution >= 4 is 11.9 Å². The van der Waals surface area contributed by atoms with Crippen LogP contribution in [-0.2, 0) is 6.61 Å². The van der Waals surface area contributed by atoms with Crippen LogP contribution in [0.1, 0.15) is 5.56 Å². The fraction of sp³-hybridized carbons (Fsp3) is 0.250. The molecule has 0 amide bonds. The van der Waals surface area contributed by atoms with Crippen LogP contribution in [0.25, 0.3) is 0 Å². The van der Waals surface area contributed by atoms with Gasteiger partial charge in [0, 0.05) is 14.1 Å². The molecule has 1 heterocycles. The van der Waals surface area contributed by atoms with Crippen molar-refractivity contribution < 1.29 is 9.84 Å². The van der Waals surface area contributed by atoms with Crippen molar-refractivity contribution in [3.8, 4) is 11.8 Å². The number of hydrogen-bond donors (Lipinski definition) is 3. The summed E-state index contributed by atoms with van der Waals surface area (Å²) in [4.78, 5) is 14.0. The van der Waals surface area contributed by atoms with Gasteiger partial charge in [0.25, 0.3) is 0 Å². The number of hydrogen-bond acceptors (Lipinski definition) is 8. The van der Waals surface area contributed by atoms with E-state index in [-0.39, 0.29) is 18.6 Å². The smallest absolute Gasteiger partial charge is 0.328 e. The van der Waals surface area contributed by atoms with Crippen LogP contribution >= 0.6 is 0 Å². The number of aliphatic hydroxyl groups excluding tert-OH is 1. The Bertz CT molecular complexity index is 573. The van der Waals surface area contributed by atoms with Crippen LogP contribution in [0.3, 0.4) is 0 Å². The van der Waals surface area contributed by atoms with E-state index >= 15 is 0 Å². The van der Waals surface area contributed by atoms with Crippen molar-refractivity contribution in [2.24, 2.45) is 5.84 Å². The van der Waals surface area contributed by atoms with Crippen molar-refractivity contribution in [3.63, 3.8) is 0 Å². The summed E-state index contributed by atoms with van der Waals surface area (Å²) < 4.78 is 5.55. The maximum atomic E-state index is 8.98. The van der Waals surface area contributed by atoms with Gasteiger partial charge in [-0.1, -0.05) is 12.1 Å².